The zero-order chi connectivity index (χ0) is 30.8. The highest BCUT2D eigenvalue weighted by atomic mass is 16.4. The number of benzene rings is 1. The number of primary amides is 2. The maximum absolute atomic E-state index is 13.2. The van der Waals surface area contributed by atoms with Crippen molar-refractivity contribution in [3.05, 3.63) is 54.2 Å². The Balaban J connectivity index is 1.73. The molecule has 0 aliphatic heterocycles. The number of carbonyl (C=O) groups excluding carboxylic acids is 5. The molecule has 4 unspecified atom stereocenters. The quantitative estimate of drug-likeness (QED) is 0.0874. The number of para-hydroxylation sites is 1. The second-order valence-corrected chi connectivity index (χ2v) is 9.65. The zero-order valence-corrected chi connectivity index (χ0v) is 22.5. The van der Waals surface area contributed by atoms with Gasteiger partial charge in [0.15, 0.2) is 0 Å². The maximum Gasteiger partial charge on any atom is 0.326 e. The molecule has 0 radical (unpaired) electrons. The summed E-state index contributed by atoms with van der Waals surface area (Å²) in [6.45, 7) is 0. The normalized spacial score (nSPS) is 13.8. The summed E-state index contributed by atoms with van der Waals surface area (Å²) in [7, 11) is 0. The van der Waals surface area contributed by atoms with E-state index >= 15 is 0 Å². The van der Waals surface area contributed by atoms with Gasteiger partial charge in [0.25, 0.3) is 0 Å². The molecular weight excluding hydrogens is 550 g/mol. The number of nitrogens with one attached hydrogen (secondary N) is 5. The number of H-pyrrole nitrogens is 2. The molecule has 12 N–H and O–H groups in total. The van der Waals surface area contributed by atoms with E-state index in [4.69, 9.17) is 17.2 Å². The van der Waals surface area contributed by atoms with E-state index < -0.39 is 66.1 Å². The topological polar surface area (TPSA) is 281 Å². The molecule has 2 heterocycles. The van der Waals surface area contributed by atoms with Crippen LogP contribution in [-0.2, 0) is 41.6 Å². The first-order valence-corrected chi connectivity index (χ1v) is 12.9. The number of carbonyl (C=O) groups is 6. The SMILES string of the molecule is NC(=O)CCC(NC(=O)C(CC(N)=O)NC(=O)C(N)Cc1cnc[nH]1)C(=O)NC(Cc1c[nH]c2ccccc12)C(=O)O. The van der Waals surface area contributed by atoms with Crippen molar-refractivity contribution in [2.45, 2.75) is 56.3 Å². The molecule has 3 aromatic rings. The first-order valence-electron chi connectivity index (χ1n) is 12.9. The van der Waals surface area contributed by atoms with Crippen molar-refractivity contribution >= 4 is 46.4 Å². The van der Waals surface area contributed by atoms with Crippen LogP contribution in [-0.4, -0.2) is 79.7 Å². The molecule has 1 aromatic carbocycles. The van der Waals surface area contributed by atoms with Gasteiger partial charge in [0.2, 0.25) is 29.5 Å². The first-order chi connectivity index (χ1) is 19.9. The number of hydrogen-bond acceptors (Lipinski definition) is 8. The Labute approximate surface area is 239 Å². The predicted octanol–water partition coefficient (Wildman–Crippen LogP) is -2.32. The Morgan fingerprint density at radius 3 is 2.17 bits per heavy atom. The standard InChI is InChI=1S/C26H33N9O7/c27-16(8-14-11-30-12-32-14)23(38)34-19(9-22(29)37)25(40)33-18(5-6-21(28)36)24(39)35-20(26(41)42)7-13-10-31-17-4-2-1-3-15(13)17/h1-4,10-12,16,18-20,31H,5-9,27H2,(H2,28,36)(H2,29,37)(H,30,32)(H,33,40)(H,34,38)(H,35,39)(H,41,42). The number of imidazole rings is 1. The molecule has 2 aromatic heterocycles. The summed E-state index contributed by atoms with van der Waals surface area (Å²) < 4.78 is 0. The van der Waals surface area contributed by atoms with Crippen LogP contribution in [0, 0.1) is 0 Å². The number of carboxylic acid groups (broad SMARTS) is 1. The van der Waals surface area contributed by atoms with Crippen LogP contribution in [0.3, 0.4) is 0 Å². The fraction of sp³-hybridized carbons (Fsp3) is 0.346. The van der Waals surface area contributed by atoms with E-state index in [2.05, 4.69) is 30.9 Å². The number of nitrogens with zero attached hydrogens (tertiary/aromatic N) is 1. The molecule has 0 spiro atoms. The summed E-state index contributed by atoms with van der Waals surface area (Å²) >= 11 is 0. The van der Waals surface area contributed by atoms with Gasteiger partial charge in [-0.1, -0.05) is 18.2 Å². The van der Waals surface area contributed by atoms with Gasteiger partial charge in [-0.2, -0.15) is 0 Å². The Kier molecular flexibility index (Phi) is 10.7. The van der Waals surface area contributed by atoms with Crippen molar-refractivity contribution < 1.29 is 33.9 Å². The van der Waals surface area contributed by atoms with Gasteiger partial charge in [-0.25, -0.2) is 9.78 Å². The fourth-order valence-electron chi connectivity index (χ4n) is 4.24. The monoisotopic (exact) mass is 583 g/mol. The number of nitrogens with two attached hydrogens (primary N) is 3. The Bertz CT molecular complexity index is 1440. The van der Waals surface area contributed by atoms with E-state index in [-0.39, 0.29) is 25.7 Å². The van der Waals surface area contributed by atoms with Gasteiger partial charge in [-0.05, 0) is 18.1 Å². The summed E-state index contributed by atoms with van der Waals surface area (Å²) in [6.07, 6.45) is 3.21. The van der Waals surface area contributed by atoms with Gasteiger partial charge in [0, 0.05) is 48.3 Å². The maximum atomic E-state index is 13.2. The van der Waals surface area contributed by atoms with Crippen LogP contribution in [0.15, 0.2) is 43.0 Å². The molecule has 0 bridgehead atoms. The number of aromatic nitrogens is 3. The highest BCUT2D eigenvalue weighted by Crippen LogP contribution is 2.19. The predicted molar refractivity (Wildman–Crippen MR) is 148 cm³/mol. The minimum Gasteiger partial charge on any atom is -0.480 e. The van der Waals surface area contributed by atoms with Gasteiger partial charge in [-0.3, -0.25) is 24.0 Å². The summed E-state index contributed by atoms with van der Waals surface area (Å²) in [5.74, 6) is -5.73. The molecule has 0 saturated heterocycles. The number of fused-ring (bicyclic) bond motifs is 1. The summed E-state index contributed by atoms with van der Waals surface area (Å²) in [5.41, 5.74) is 18.4. The average Bonchev–Trinajstić information content (AvgIpc) is 3.59. The highest BCUT2D eigenvalue weighted by Gasteiger charge is 2.31. The Morgan fingerprint density at radius 2 is 1.52 bits per heavy atom. The van der Waals surface area contributed by atoms with Gasteiger partial charge in [0.05, 0.1) is 18.8 Å². The molecule has 0 saturated carbocycles. The molecule has 16 heteroatoms. The van der Waals surface area contributed by atoms with Crippen LogP contribution < -0.4 is 33.2 Å². The van der Waals surface area contributed by atoms with E-state index in [0.717, 1.165) is 10.9 Å². The van der Waals surface area contributed by atoms with Crippen LogP contribution in [0.2, 0.25) is 0 Å². The van der Waals surface area contributed by atoms with Crippen LogP contribution >= 0.6 is 0 Å². The minimum atomic E-state index is -1.52. The van der Waals surface area contributed by atoms with E-state index in [0.29, 0.717) is 11.3 Å². The highest BCUT2D eigenvalue weighted by molar-refractivity contribution is 5.96. The summed E-state index contributed by atoms with van der Waals surface area (Å²) in [6, 6.07) is 1.73. The summed E-state index contributed by atoms with van der Waals surface area (Å²) in [5, 5.41) is 17.7. The number of aliphatic carboxylic acids is 1. The van der Waals surface area contributed by atoms with Gasteiger partial charge >= 0.3 is 5.97 Å². The molecule has 42 heavy (non-hydrogen) atoms. The lowest BCUT2D eigenvalue weighted by atomic mass is 10.0. The Hall–Kier alpha value is -5.25. The van der Waals surface area contributed by atoms with Crippen molar-refractivity contribution in [2.24, 2.45) is 17.2 Å². The minimum absolute atomic E-state index is 0.0490. The van der Waals surface area contributed by atoms with Gasteiger partial charge in [-0.15, -0.1) is 0 Å². The molecule has 0 aliphatic carbocycles. The molecule has 4 atom stereocenters. The third kappa shape index (κ3) is 8.88. The van der Waals surface area contributed by atoms with Crippen molar-refractivity contribution in [2.75, 3.05) is 0 Å². The average molecular weight is 584 g/mol. The molecule has 0 fully saturated rings. The number of rotatable bonds is 16. The van der Waals surface area contributed by atoms with E-state index in [9.17, 15) is 33.9 Å². The fourth-order valence-corrected chi connectivity index (χ4v) is 4.24. The number of carboxylic acids is 1. The van der Waals surface area contributed by atoms with Crippen molar-refractivity contribution in [3.63, 3.8) is 0 Å². The first kappa shape index (κ1) is 31.3. The van der Waals surface area contributed by atoms with Gasteiger partial charge < -0.3 is 48.2 Å². The number of hydrogen-bond donors (Lipinski definition) is 9. The van der Waals surface area contributed by atoms with Crippen molar-refractivity contribution in [1.82, 2.24) is 30.9 Å². The lowest BCUT2D eigenvalue weighted by Gasteiger charge is -2.24. The molecule has 0 aliphatic rings. The van der Waals surface area contributed by atoms with E-state index in [1.807, 2.05) is 12.1 Å². The molecule has 224 valence electrons. The Morgan fingerprint density at radius 1 is 0.857 bits per heavy atom. The van der Waals surface area contributed by atoms with Crippen LogP contribution in [0.5, 0.6) is 0 Å². The molecular formula is C26H33N9O7. The lowest BCUT2D eigenvalue weighted by Crippen LogP contribution is -2.58. The van der Waals surface area contributed by atoms with Crippen LogP contribution in [0.1, 0.15) is 30.5 Å². The molecule has 16 nitrogen and oxygen atoms in total. The molecule has 5 amide bonds. The zero-order valence-electron chi connectivity index (χ0n) is 22.5. The van der Waals surface area contributed by atoms with Crippen molar-refractivity contribution in [3.8, 4) is 0 Å². The summed E-state index contributed by atoms with van der Waals surface area (Å²) in [4.78, 5) is 83.8. The van der Waals surface area contributed by atoms with Crippen LogP contribution in [0.4, 0.5) is 0 Å². The number of aromatic amines is 2. The second-order valence-electron chi connectivity index (χ2n) is 9.65. The largest absolute Gasteiger partial charge is 0.480 e. The smallest absolute Gasteiger partial charge is 0.326 e. The third-order valence-corrected chi connectivity index (χ3v) is 6.40. The van der Waals surface area contributed by atoms with E-state index in [1.54, 1.807) is 18.3 Å². The van der Waals surface area contributed by atoms with Gasteiger partial charge in [0.1, 0.15) is 18.1 Å². The van der Waals surface area contributed by atoms with Crippen LogP contribution in [0.25, 0.3) is 10.9 Å². The third-order valence-electron chi connectivity index (χ3n) is 6.40. The molecule has 3 rings (SSSR count). The number of amides is 5. The lowest BCUT2D eigenvalue weighted by molar-refractivity contribution is -0.142. The van der Waals surface area contributed by atoms with Crippen molar-refractivity contribution in [1.29, 1.82) is 0 Å². The second kappa shape index (κ2) is 14.4. The van der Waals surface area contributed by atoms with E-state index in [1.165, 1.54) is 12.5 Å².